The van der Waals surface area contributed by atoms with Gasteiger partial charge in [-0.25, -0.2) is 4.99 Å². The number of aromatic nitrogens is 1. The van der Waals surface area contributed by atoms with Crippen LogP contribution in [0.25, 0.3) is 10.9 Å². The number of halogens is 3. The number of nitrogens with two attached hydrogens (primary N) is 2. The normalized spacial score (nSPS) is 12.6. The van der Waals surface area contributed by atoms with E-state index in [1.807, 2.05) is 0 Å². The highest BCUT2D eigenvalue weighted by Gasteiger charge is 2.35. The average Bonchev–Trinajstić information content (AvgIpc) is 3.12. The number of hydrogen-bond acceptors (Lipinski definition) is 7. The van der Waals surface area contributed by atoms with Gasteiger partial charge in [0.25, 0.3) is 5.91 Å². The third-order valence-corrected chi connectivity index (χ3v) is 5.28. The minimum Gasteiger partial charge on any atom is -0.396 e. The van der Waals surface area contributed by atoms with Crippen LogP contribution in [0.4, 0.5) is 30.2 Å². The number of fused-ring (bicyclic) bond motifs is 1. The molecule has 0 fully saturated rings. The van der Waals surface area contributed by atoms with Crippen molar-refractivity contribution in [2.45, 2.75) is 6.18 Å². The number of amides is 1. The summed E-state index contributed by atoms with van der Waals surface area (Å²) < 4.78 is 37.4. The second-order valence-corrected chi connectivity index (χ2v) is 7.77. The van der Waals surface area contributed by atoms with E-state index in [1.54, 1.807) is 31.3 Å². The Morgan fingerprint density at radius 2 is 1.94 bits per heavy atom. The molecule has 0 aliphatic carbocycles. The number of H-pyrrole nitrogens is 1. The van der Waals surface area contributed by atoms with E-state index in [0.717, 1.165) is 0 Å². The fraction of sp³-hybridized carbons (Fsp3) is 0.0952. The summed E-state index contributed by atoms with van der Waals surface area (Å²) in [5.74, 6) is -0.920. The van der Waals surface area contributed by atoms with Crippen molar-refractivity contribution < 1.29 is 22.8 Å². The highest BCUT2D eigenvalue weighted by Crippen LogP contribution is 2.30. The van der Waals surface area contributed by atoms with Crippen LogP contribution in [0.3, 0.4) is 0 Å². The number of nitrogen functional groups attached to an aromatic ring is 1. The summed E-state index contributed by atoms with van der Waals surface area (Å²) in [6.45, 7) is 0. The fourth-order valence-electron chi connectivity index (χ4n) is 2.95. The summed E-state index contributed by atoms with van der Waals surface area (Å²) in [5.41, 5.74) is 13.7. The molecule has 0 radical (unpaired) electrons. The SMILES string of the molecule is CNc1ccccc1N=C(C=O)c1[nH]c2ccc(C(=O)N=C(N)SC(=N)C(F)(F)F)cc2c1N. The molecule has 1 heterocycles. The van der Waals surface area contributed by atoms with E-state index >= 15 is 0 Å². The number of carbonyl (C=O) groups excluding carboxylic acids is 2. The first-order valence-electron chi connectivity index (χ1n) is 9.49. The van der Waals surface area contributed by atoms with E-state index in [1.165, 1.54) is 18.2 Å². The Kier molecular flexibility index (Phi) is 7.05. The van der Waals surface area contributed by atoms with Crippen LogP contribution in [0.1, 0.15) is 16.1 Å². The van der Waals surface area contributed by atoms with Gasteiger partial charge in [0.15, 0.2) is 16.5 Å². The van der Waals surface area contributed by atoms with E-state index in [0.29, 0.717) is 28.6 Å². The van der Waals surface area contributed by atoms with Gasteiger partial charge in [-0.15, -0.1) is 0 Å². The number of amidine groups is 1. The number of alkyl halides is 3. The Morgan fingerprint density at radius 3 is 2.59 bits per heavy atom. The fourth-order valence-corrected chi connectivity index (χ4v) is 3.40. The Labute approximate surface area is 195 Å². The van der Waals surface area contributed by atoms with E-state index in [9.17, 15) is 22.8 Å². The quantitative estimate of drug-likeness (QED) is 0.208. The Balaban J connectivity index is 1.96. The monoisotopic (exact) mass is 489 g/mol. The summed E-state index contributed by atoms with van der Waals surface area (Å²) >= 11 is -0.174. The lowest BCUT2D eigenvalue weighted by molar-refractivity contribution is -0.102. The van der Waals surface area contributed by atoms with Crippen molar-refractivity contribution in [3.8, 4) is 0 Å². The zero-order chi connectivity index (χ0) is 25.0. The van der Waals surface area contributed by atoms with E-state index in [2.05, 4.69) is 20.3 Å². The maximum Gasteiger partial charge on any atom is 0.439 e. The minimum absolute atomic E-state index is 0.00282. The topological polar surface area (TPSA) is 163 Å². The number of para-hydroxylation sites is 2. The van der Waals surface area contributed by atoms with Crippen LogP contribution in [0.2, 0.25) is 0 Å². The van der Waals surface area contributed by atoms with E-state index in [4.69, 9.17) is 16.9 Å². The van der Waals surface area contributed by atoms with Gasteiger partial charge in [-0.2, -0.15) is 18.2 Å². The molecule has 0 atom stereocenters. The zero-order valence-corrected chi connectivity index (χ0v) is 18.3. The lowest BCUT2D eigenvalue weighted by atomic mass is 10.1. The van der Waals surface area contributed by atoms with Crippen molar-refractivity contribution in [2.75, 3.05) is 18.1 Å². The molecule has 3 rings (SSSR count). The van der Waals surface area contributed by atoms with Crippen molar-refractivity contribution in [2.24, 2.45) is 15.7 Å². The number of benzene rings is 2. The number of hydrogen-bond donors (Lipinski definition) is 5. The third kappa shape index (κ3) is 5.26. The molecule has 0 spiro atoms. The number of thioether (sulfide) groups is 1. The Bertz CT molecular complexity index is 1350. The number of rotatable bonds is 5. The van der Waals surface area contributed by atoms with Crippen molar-refractivity contribution >= 4 is 67.8 Å². The second-order valence-electron chi connectivity index (χ2n) is 6.74. The molecule has 34 heavy (non-hydrogen) atoms. The molecule has 0 aliphatic heterocycles. The molecule has 3 aromatic rings. The van der Waals surface area contributed by atoms with Crippen LogP contribution in [-0.4, -0.2) is 46.3 Å². The largest absolute Gasteiger partial charge is 0.439 e. The first kappa shape index (κ1) is 24.5. The van der Waals surface area contributed by atoms with Gasteiger partial charge in [0.1, 0.15) is 5.71 Å². The summed E-state index contributed by atoms with van der Waals surface area (Å²) in [7, 11) is 1.71. The van der Waals surface area contributed by atoms with Gasteiger partial charge >= 0.3 is 6.18 Å². The lowest BCUT2D eigenvalue weighted by Gasteiger charge is -2.06. The number of carbonyl (C=O) groups is 2. The Hall–Kier alpha value is -4.13. The smallest absolute Gasteiger partial charge is 0.396 e. The number of aldehydes is 1. The molecule has 1 amide bonds. The maximum atomic E-state index is 12.5. The van der Waals surface area contributed by atoms with Crippen LogP contribution in [0.5, 0.6) is 0 Å². The van der Waals surface area contributed by atoms with Gasteiger partial charge in [0, 0.05) is 23.5 Å². The van der Waals surface area contributed by atoms with Crippen LogP contribution in [-0.2, 0) is 4.79 Å². The number of nitrogens with one attached hydrogen (secondary N) is 3. The van der Waals surface area contributed by atoms with Crippen molar-refractivity contribution in [1.29, 1.82) is 5.41 Å². The predicted octanol–water partition coefficient (Wildman–Crippen LogP) is 3.84. The number of anilines is 2. The molecule has 0 unspecified atom stereocenters. The van der Waals surface area contributed by atoms with E-state index < -0.39 is 22.3 Å². The van der Waals surface area contributed by atoms with Crippen LogP contribution < -0.4 is 16.8 Å². The van der Waals surface area contributed by atoms with Gasteiger partial charge < -0.3 is 21.8 Å². The molecular formula is C21H18F3N7O2S. The molecule has 0 saturated carbocycles. The molecule has 0 saturated heterocycles. The molecule has 9 nitrogen and oxygen atoms in total. The molecule has 176 valence electrons. The second kappa shape index (κ2) is 9.79. The van der Waals surface area contributed by atoms with Crippen LogP contribution >= 0.6 is 11.8 Å². The summed E-state index contributed by atoms with van der Waals surface area (Å²) in [4.78, 5) is 34.9. The van der Waals surface area contributed by atoms with Crippen LogP contribution in [0.15, 0.2) is 52.4 Å². The minimum atomic E-state index is -4.89. The standard InChI is InChI=1S/C21H18F3N7O2S/c1-28-13-4-2-3-5-14(13)29-15(9-32)17-16(25)11-8-10(6-7-12(11)30-17)18(33)31-20(27)34-19(26)21(22,23)24/h2-9,26,28,30H,25H2,1H3,(H2,27,31,33). The summed E-state index contributed by atoms with van der Waals surface area (Å²) in [5, 5.41) is 7.85. The summed E-state index contributed by atoms with van der Waals surface area (Å²) in [6, 6.07) is 11.3. The maximum absolute atomic E-state index is 12.5. The molecule has 2 aromatic carbocycles. The zero-order valence-electron chi connectivity index (χ0n) is 17.5. The molecule has 7 N–H and O–H groups in total. The number of nitrogens with zero attached hydrogens (tertiary/aromatic N) is 2. The van der Waals surface area contributed by atoms with Gasteiger partial charge in [0.2, 0.25) is 0 Å². The van der Waals surface area contributed by atoms with Crippen molar-refractivity contribution in [1.82, 2.24) is 4.98 Å². The van der Waals surface area contributed by atoms with Gasteiger partial charge in [-0.3, -0.25) is 15.0 Å². The Morgan fingerprint density at radius 1 is 1.24 bits per heavy atom. The first-order valence-corrected chi connectivity index (χ1v) is 10.3. The highest BCUT2D eigenvalue weighted by molar-refractivity contribution is 8.26. The average molecular weight is 489 g/mol. The molecule has 1 aromatic heterocycles. The predicted molar refractivity (Wildman–Crippen MR) is 128 cm³/mol. The van der Waals surface area contributed by atoms with Gasteiger partial charge in [0.05, 0.1) is 22.8 Å². The molecule has 0 aliphatic rings. The van der Waals surface area contributed by atoms with Crippen molar-refractivity contribution in [3.63, 3.8) is 0 Å². The van der Waals surface area contributed by atoms with Crippen LogP contribution in [0, 0.1) is 5.41 Å². The molecule has 0 bridgehead atoms. The third-order valence-electron chi connectivity index (χ3n) is 4.54. The summed E-state index contributed by atoms with van der Waals surface area (Å²) in [6.07, 6.45) is -4.36. The van der Waals surface area contributed by atoms with Crippen molar-refractivity contribution in [3.05, 3.63) is 53.7 Å². The highest BCUT2D eigenvalue weighted by atomic mass is 32.2. The number of aromatic amines is 1. The van der Waals surface area contributed by atoms with Gasteiger partial charge in [-0.1, -0.05) is 12.1 Å². The lowest BCUT2D eigenvalue weighted by Crippen LogP contribution is -2.23. The number of aliphatic imine (C=N–C) groups is 2. The first-order chi connectivity index (χ1) is 16.0. The van der Waals surface area contributed by atoms with Gasteiger partial charge in [-0.05, 0) is 42.1 Å². The molecular weight excluding hydrogens is 471 g/mol. The molecule has 13 heteroatoms. The van der Waals surface area contributed by atoms with E-state index in [-0.39, 0.29) is 34.4 Å².